The Labute approximate surface area is 186 Å². The third kappa shape index (κ3) is 5.08. The van der Waals surface area contributed by atoms with Crippen LogP contribution in [0.3, 0.4) is 0 Å². The van der Waals surface area contributed by atoms with E-state index in [-0.39, 0.29) is 23.9 Å². The predicted molar refractivity (Wildman–Crippen MR) is 119 cm³/mol. The van der Waals surface area contributed by atoms with E-state index >= 15 is 0 Å². The van der Waals surface area contributed by atoms with Crippen LogP contribution < -0.4 is 14.8 Å². The summed E-state index contributed by atoms with van der Waals surface area (Å²) in [6.45, 7) is 4.50. The maximum absolute atomic E-state index is 13.3. The first-order chi connectivity index (χ1) is 15.3. The highest BCUT2D eigenvalue weighted by atomic mass is 19.1. The van der Waals surface area contributed by atoms with Gasteiger partial charge in [-0.2, -0.15) is 0 Å². The van der Waals surface area contributed by atoms with E-state index in [4.69, 9.17) is 14.2 Å². The van der Waals surface area contributed by atoms with Gasteiger partial charge in [0.2, 0.25) is 0 Å². The van der Waals surface area contributed by atoms with Crippen molar-refractivity contribution in [1.82, 2.24) is 4.90 Å². The Morgan fingerprint density at radius 2 is 1.66 bits per heavy atom. The van der Waals surface area contributed by atoms with Crippen molar-refractivity contribution >= 4 is 23.1 Å². The fourth-order valence-electron chi connectivity index (χ4n) is 3.37. The number of carbonyl (C=O) groups excluding carboxylic acids is 2. The van der Waals surface area contributed by atoms with Crippen LogP contribution in [-0.4, -0.2) is 50.2 Å². The maximum atomic E-state index is 13.3. The molecule has 3 rings (SSSR count). The summed E-state index contributed by atoms with van der Waals surface area (Å²) in [5.41, 5.74) is 1.33. The fourth-order valence-corrected chi connectivity index (χ4v) is 3.37. The third-order valence-electron chi connectivity index (χ3n) is 4.93. The van der Waals surface area contributed by atoms with Crippen molar-refractivity contribution in [2.75, 3.05) is 32.7 Å². The van der Waals surface area contributed by atoms with Gasteiger partial charge in [0, 0.05) is 18.8 Å². The van der Waals surface area contributed by atoms with Crippen molar-refractivity contribution in [3.8, 4) is 11.5 Å². The van der Waals surface area contributed by atoms with Crippen molar-refractivity contribution in [3.63, 3.8) is 0 Å². The Balaban J connectivity index is 1.96. The van der Waals surface area contributed by atoms with Crippen LogP contribution in [0.2, 0.25) is 0 Å². The van der Waals surface area contributed by atoms with Crippen LogP contribution in [0.4, 0.5) is 10.1 Å². The van der Waals surface area contributed by atoms with Gasteiger partial charge in [0.15, 0.2) is 11.5 Å². The van der Waals surface area contributed by atoms with Gasteiger partial charge in [-0.15, -0.1) is 0 Å². The van der Waals surface area contributed by atoms with Crippen molar-refractivity contribution < 1.29 is 28.2 Å². The summed E-state index contributed by atoms with van der Waals surface area (Å²) in [6, 6.07) is 10.6. The number of amides is 2. The van der Waals surface area contributed by atoms with Gasteiger partial charge in [0.1, 0.15) is 11.5 Å². The number of nitrogens with zero attached hydrogens (tertiary/aromatic N) is 1. The molecule has 2 aromatic rings. The first-order valence-electron chi connectivity index (χ1n) is 10.3. The highest BCUT2D eigenvalue weighted by Crippen LogP contribution is 2.35. The van der Waals surface area contributed by atoms with Gasteiger partial charge in [-0.05, 0) is 62.2 Å². The van der Waals surface area contributed by atoms with Crippen LogP contribution in [-0.2, 0) is 14.3 Å². The molecule has 0 spiro atoms. The highest BCUT2D eigenvalue weighted by Gasteiger charge is 2.39. The molecule has 0 aliphatic carbocycles. The van der Waals surface area contributed by atoms with Gasteiger partial charge in [0.25, 0.3) is 11.8 Å². The molecule has 0 saturated heterocycles. The minimum atomic E-state index is -0.450. The number of benzene rings is 2. The number of halogens is 1. The molecule has 1 aliphatic rings. The van der Waals surface area contributed by atoms with E-state index in [0.717, 1.165) is 0 Å². The molecular formula is C24H27FN2O5. The lowest BCUT2D eigenvalue weighted by molar-refractivity contribution is -0.137. The summed E-state index contributed by atoms with van der Waals surface area (Å²) in [7, 11) is 3.01. The highest BCUT2D eigenvalue weighted by molar-refractivity contribution is 6.36. The van der Waals surface area contributed by atoms with Crippen LogP contribution in [0.5, 0.6) is 11.5 Å². The average molecular weight is 442 g/mol. The molecule has 1 aliphatic heterocycles. The Morgan fingerprint density at radius 1 is 0.969 bits per heavy atom. The number of ether oxygens (including phenoxy) is 3. The van der Waals surface area contributed by atoms with E-state index < -0.39 is 17.6 Å². The summed E-state index contributed by atoms with van der Waals surface area (Å²) >= 11 is 0. The Morgan fingerprint density at radius 3 is 2.28 bits per heavy atom. The second-order valence-corrected chi connectivity index (χ2v) is 7.49. The normalized spacial score (nSPS) is 13.9. The van der Waals surface area contributed by atoms with Gasteiger partial charge >= 0.3 is 0 Å². The van der Waals surface area contributed by atoms with Crippen LogP contribution in [0.25, 0.3) is 5.57 Å². The molecule has 0 bridgehead atoms. The van der Waals surface area contributed by atoms with Gasteiger partial charge in [-0.25, -0.2) is 4.39 Å². The van der Waals surface area contributed by atoms with Gasteiger partial charge in [-0.3, -0.25) is 14.5 Å². The molecule has 32 heavy (non-hydrogen) atoms. The zero-order valence-electron chi connectivity index (χ0n) is 18.6. The molecule has 1 heterocycles. The van der Waals surface area contributed by atoms with Crippen LogP contribution in [0.15, 0.2) is 48.2 Å². The molecular weight excluding hydrogens is 415 g/mol. The molecule has 0 unspecified atom stereocenters. The van der Waals surface area contributed by atoms with Crippen molar-refractivity contribution in [2.24, 2.45) is 0 Å². The molecule has 0 aromatic heterocycles. The Bertz CT molecular complexity index is 1020. The Hall–Kier alpha value is -3.39. The van der Waals surface area contributed by atoms with E-state index in [1.165, 1.54) is 43.4 Å². The van der Waals surface area contributed by atoms with Crippen LogP contribution in [0.1, 0.15) is 25.8 Å². The molecule has 2 amide bonds. The van der Waals surface area contributed by atoms with E-state index in [1.807, 2.05) is 13.8 Å². The molecule has 7 nitrogen and oxygen atoms in total. The van der Waals surface area contributed by atoms with E-state index in [1.54, 1.807) is 18.2 Å². The van der Waals surface area contributed by atoms with Crippen molar-refractivity contribution in [3.05, 3.63) is 59.5 Å². The van der Waals surface area contributed by atoms with Gasteiger partial charge in [-0.1, -0.05) is 6.07 Å². The number of imide groups is 1. The summed E-state index contributed by atoms with van der Waals surface area (Å²) in [5, 5.41) is 3.00. The lowest BCUT2D eigenvalue weighted by Gasteiger charge is -2.16. The largest absolute Gasteiger partial charge is 0.493 e. The Kier molecular flexibility index (Phi) is 7.48. The molecule has 0 radical (unpaired) electrons. The molecule has 1 N–H and O–H groups in total. The summed E-state index contributed by atoms with van der Waals surface area (Å²) in [4.78, 5) is 27.7. The maximum Gasteiger partial charge on any atom is 0.278 e. The van der Waals surface area contributed by atoms with Gasteiger partial charge < -0.3 is 19.5 Å². The van der Waals surface area contributed by atoms with E-state index in [2.05, 4.69) is 5.32 Å². The second-order valence-electron chi connectivity index (χ2n) is 7.49. The number of hydrogen-bond acceptors (Lipinski definition) is 6. The zero-order valence-corrected chi connectivity index (χ0v) is 18.6. The number of nitrogens with one attached hydrogen (secondary N) is 1. The monoisotopic (exact) mass is 442 g/mol. The number of rotatable bonds is 10. The molecule has 8 heteroatoms. The molecule has 2 aromatic carbocycles. The molecule has 0 saturated carbocycles. The average Bonchev–Trinajstić information content (AvgIpc) is 3.01. The zero-order chi connectivity index (χ0) is 23.3. The van der Waals surface area contributed by atoms with E-state index in [0.29, 0.717) is 35.8 Å². The minimum Gasteiger partial charge on any atom is -0.493 e. The SMILES string of the molecule is COc1ccc(C2=C(Nc3ccc(F)cc3)C(=O)N(CCCOC(C)C)C2=O)cc1OC. The second kappa shape index (κ2) is 10.3. The molecule has 0 fully saturated rings. The van der Waals surface area contributed by atoms with Crippen molar-refractivity contribution in [1.29, 1.82) is 0 Å². The fraction of sp³-hybridized carbons (Fsp3) is 0.333. The predicted octanol–water partition coefficient (Wildman–Crippen LogP) is 3.85. The first kappa shape index (κ1) is 23.3. The topological polar surface area (TPSA) is 77.1 Å². The number of methoxy groups -OCH3 is 2. The standard InChI is InChI=1S/C24H27FN2O5/c1-15(2)32-13-5-12-27-23(28)21(16-6-11-19(30-3)20(14-16)31-4)22(24(27)29)26-18-9-7-17(25)8-10-18/h6-11,14-15,26H,5,12-13H2,1-4H3. The summed E-state index contributed by atoms with van der Waals surface area (Å²) in [5.74, 6) is -0.331. The first-order valence-corrected chi connectivity index (χ1v) is 10.3. The lowest BCUT2D eigenvalue weighted by Crippen LogP contribution is -2.34. The number of hydrogen-bond donors (Lipinski definition) is 1. The van der Waals surface area contributed by atoms with E-state index in [9.17, 15) is 14.0 Å². The number of carbonyl (C=O) groups is 2. The number of anilines is 1. The van der Waals surface area contributed by atoms with Crippen LogP contribution >= 0.6 is 0 Å². The van der Waals surface area contributed by atoms with Crippen LogP contribution in [0, 0.1) is 5.82 Å². The van der Waals surface area contributed by atoms with Gasteiger partial charge in [0.05, 0.1) is 25.9 Å². The van der Waals surface area contributed by atoms with Crippen molar-refractivity contribution in [2.45, 2.75) is 26.4 Å². The summed E-state index contributed by atoms with van der Waals surface area (Å²) in [6.07, 6.45) is 0.578. The lowest BCUT2D eigenvalue weighted by atomic mass is 10.0. The molecule has 0 atom stereocenters. The third-order valence-corrected chi connectivity index (χ3v) is 4.93. The quantitative estimate of drug-likeness (QED) is 0.445. The molecule has 170 valence electrons. The summed E-state index contributed by atoms with van der Waals surface area (Å²) < 4.78 is 29.5. The smallest absolute Gasteiger partial charge is 0.278 e. The minimum absolute atomic E-state index is 0.0659.